The van der Waals surface area contributed by atoms with Crippen LogP contribution >= 0.6 is 0 Å². The topological polar surface area (TPSA) is 38.3 Å². The summed E-state index contributed by atoms with van der Waals surface area (Å²) in [6, 6.07) is 10.7. The van der Waals surface area contributed by atoms with Crippen molar-refractivity contribution in [3.63, 3.8) is 0 Å². The number of nitrogens with one attached hydrogen (secondary N) is 1. The van der Waals surface area contributed by atoms with Crippen LogP contribution < -0.4 is 10.1 Å². The van der Waals surface area contributed by atoms with Gasteiger partial charge in [-0.15, -0.1) is 0 Å². The largest absolute Gasteiger partial charge is 0.496 e. The van der Waals surface area contributed by atoms with Crippen LogP contribution in [-0.2, 0) is 5.54 Å². The number of amides is 1. The number of hydrogen-bond donors (Lipinski definition) is 1. The van der Waals surface area contributed by atoms with Crippen LogP contribution in [-0.4, -0.2) is 13.0 Å². The Morgan fingerprint density at radius 1 is 1.09 bits per heavy atom. The normalized spacial score (nSPS) is 11.1. The van der Waals surface area contributed by atoms with Crippen molar-refractivity contribution in [2.45, 2.75) is 19.4 Å². The summed E-state index contributed by atoms with van der Waals surface area (Å²) in [6.07, 6.45) is 0. The van der Waals surface area contributed by atoms with E-state index in [0.29, 0.717) is 5.75 Å². The summed E-state index contributed by atoms with van der Waals surface area (Å²) in [5.41, 5.74) is -0.409. The van der Waals surface area contributed by atoms with Gasteiger partial charge >= 0.3 is 0 Å². The Morgan fingerprint density at radius 3 is 2.45 bits per heavy atom. The first kappa shape index (κ1) is 15.9. The summed E-state index contributed by atoms with van der Waals surface area (Å²) in [4.78, 5) is 12.2. The minimum atomic E-state index is -1.16. The van der Waals surface area contributed by atoms with Gasteiger partial charge in [-0.1, -0.05) is 24.3 Å². The van der Waals surface area contributed by atoms with Gasteiger partial charge in [0.25, 0.3) is 5.91 Å². The lowest BCUT2D eigenvalue weighted by atomic mass is 9.92. The van der Waals surface area contributed by atoms with Crippen molar-refractivity contribution in [1.29, 1.82) is 0 Å². The predicted octanol–water partition coefficient (Wildman–Crippen LogP) is 3.64. The molecular formula is C17H17F2NO2. The Labute approximate surface area is 127 Å². The summed E-state index contributed by atoms with van der Waals surface area (Å²) >= 11 is 0. The standard InChI is InChI=1S/C17H17F2NO2/c1-17(2,12-8-4-5-10-14(12)22-3)20-16(21)11-7-6-9-13(18)15(11)19/h4-10H,1-3H3,(H,20,21). The highest BCUT2D eigenvalue weighted by Gasteiger charge is 2.28. The summed E-state index contributed by atoms with van der Waals surface area (Å²) in [5.74, 6) is -2.29. The van der Waals surface area contributed by atoms with Crippen molar-refractivity contribution in [2.75, 3.05) is 7.11 Å². The molecule has 0 fully saturated rings. The van der Waals surface area contributed by atoms with Crippen molar-refractivity contribution in [3.05, 3.63) is 65.2 Å². The zero-order valence-corrected chi connectivity index (χ0v) is 12.6. The van der Waals surface area contributed by atoms with Crippen molar-refractivity contribution >= 4 is 5.91 Å². The summed E-state index contributed by atoms with van der Waals surface area (Å²) < 4.78 is 32.2. The molecule has 0 spiro atoms. The number of carbonyl (C=O) groups is 1. The highest BCUT2D eigenvalue weighted by atomic mass is 19.2. The van der Waals surface area contributed by atoms with E-state index in [4.69, 9.17) is 4.74 Å². The monoisotopic (exact) mass is 305 g/mol. The Kier molecular flexibility index (Phi) is 4.45. The molecule has 0 saturated carbocycles. The molecule has 3 nitrogen and oxygen atoms in total. The fourth-order valence-electron chi connectivity index (χ4n) is 2.26. The quantitative estimate of drug-likeness (QED) is 0.936. The molecule has 1 N–H and O–H groups in total. The van der Waals surface area contributed by atoms with Gasteiger partial charge in [0, 0.05) is 5.56 Å². The number of para-hydroxylation sites is 1. The third kappa shape index (κ3) is 3.08. The molecule has 0 unspecified atom stereocenters. The number of rotatable bonds is 4. The van der Waals surface area contributed by atoms with Crippen molar-refractivity contribution in [3.8, 4) is 5.75 Å². The number of halogens is 2. The lowest BCUT2D eigenvalue weighted by Gasteiger charge is -2.28. The summed E-state index contributed by atoms with van der Waals surface area (Å²) in [5, 5.41) is 2.71. The Hall–Kier alpha value is -2.43. The van der Waals surface area contributed by atoms with Gasteiger partial charge < -0.3 is 10.1 Å². The van der Waals surface area contributed by atoms with Crippen LogP contribution in [0.2, 0.25) is 0 Å². The fraction of sp³-hybridized carbons (Fsp3) is 0.235. The molecule has 1 amide bonds. The van der Waals surface area contributed by atoms with Gasteiger partial charge in [-0.2, -0.15) is 0 Å². The van der Waals surface area contributed by atoms with Crippen molar-refractivity contribution in [1.82, 2.24) is 5.32 Å². The molecule has 0 aliphatic heterocycles. The molecule has 0 aliphatic rings. The number of benzene rings is 2. The molecule has 0 aromatic heterocycles. The second-order valence-corrected chi connectivity index (χ2v) is 5.38. The maximum atomic E-state index is 13.7. The molecule has 0 aliphatic carbocycles. The van der Waals surface area contributed by atoms with Crippen LogP contribution in [0.3, 0.4) is 0 Å². The molecule has 0 bridgehead atoms. The number of carbonyl (C=O) groups excluding carboxylic acids is 1. The van der Waals surface area contributed by atoms with Crippen LogP contribution in [0, 0.1) is 11.6 Å². The minimum Gasteiger partial charge on any atom is -0.496 e. The van der Waals surface area contributed by atoms with Crippen molar-refractivity contribution < 1.29 is 18.3 Å². The van der Waals surface area contributed by atoms with E-state index in [1.165, 1.54) is 19.2 Å². The SMILES string of the molecule is COc1ccccc1C(C)(C)NC(=O)c1cccc(F)c1F. The van der Waals surface area contributed by atoms with E-state index in [1.807, 2.05) is 12.1 Å². The van der Waals surface area contributed by atoms with E-state index in [0.717, 1.165) is 11.6 Å². The second kappa shape index (κ2) is 6.13. The number of methoxy groups -OCH3 is 1. The van der Waals surface area contributed by atoms with Crippen LogP contribution in [0.5, 0.6) is 5.75 Å². The van der Waals surface area contributed by atoms with E-state index < -0.39 is 23.1 Å². The highest BCUT2D eigenvalue weighted by Crippen LogP contribution is 2.29. The van der Waals surface area contributed by atoms with E-state index in [2.05, 4.69) is 5.32 Å². The summed E-state index contributed by atoms with van der Waals surface area (Å²) in [7, 11) is 1.53. The van der Waals surface area contributed by atoms with E-state index in [9.17, 15) is 13.6 Å². The van der Waals surface area contributed by atoms with Gasteiger partial charge in [0.15, 0.2) is 11.6 Å². The Bertz CT molecular complexity index is 699. The van der Waals surface area contributed by atoms with Gasteiger partial charge in [0.1, 0.15) is 5.75 Å². The average molecular weight is 305 g/mol. The highest BCUT2D eigenvalue weighted by molar-refractivity contribution is 5.95. The molecule has 116 valence electrons. The average Bonchev–Trinajstić information content (AvgIpc) is 2.49. The zero-order chi connectivity index (χ0) is 16.3. The molecule has 2 rings (SSSR count). The van der Waals surface area contributed by atoms with Gasteiger partial charge in [-0.3, -0.25) is 4.79 Å². The lowest BCUT2D eigenvalue weighted by Crippen LogP contribution is -2.41. The van der Waals surface area contributed by atoms with Crippen LogP contribution in [0.15, 0.2) is 42.5 Å². The zero-order valence-electron chi connectivity index (χ0n) is 12.6. The van der Waals surface area contributed by atoms with Crippen LogP contribution in [0.25, 0.3) is 0 Å². The second-order valence-electron chi connectivity index (χ2n) is 5.38. The van der Waals surface area contributed by atoms with Crippen LogP contribution in [0.1, 0.15) is 29.8 Å². The van der Waals surface area contributed by atoms with Gasteiger partial charge in [0.05, 0.1) is 18.2 Å². The van der Waals surface area contributed by atoms with E-state index in [-0.39, 0.29) is 5.56 Å². The van der Waals surface area contributed by atoms with E-state index in [1.54, 1.807) is 26.0 Å². The first-order valence-electron chi connectivity index (χ1n) is 6.77. The van der Waals surface area contributed by atoms with Gasteiger partial charge in [-0.05, 0) is 32.0 Å². The molecular weight excluding hydrogens is 288 g/mol. The molecule has 0 radical (unpaired) electrons. The third-order valence-electron chi connectivity index (χ3n) is 3.40. The smallest absolute Gasteiger partial charge is 0.255 e. The minimum absolute atomic E-state index is 0.331. The number of ether oxygens (including phenoxy) is 1. The van der Waals surface area contributed by atoms with Gasteiger partial charge in [-0.25, -0.2) is 8.78 Å². The first-order chi connectivity index (χ1) is 10.4. The maximum Gasteiger partial charge on any atom is 0.255 e. The fourth-order valence-corrected chi connectivity index (χ4v) is 2.26. The van der Waals surface area contributed by atoms with Crippen LogP contribution in [0.4, 0.5) is 8.78 Å². The summed E-state index contributed by atoms with van der Waals surface area (Å²) in [6.45, 7) is 3.53. The molecule has 0 atom stereocenters. The lowest BCUT2D eigenvalue weighted by molar-refractivity contribution is 0.0906. The molecule has 2 aromatic carbocycles. The number of hydrogen-bond acceptors (Lipinski definition) is 2. The predicted molar refractivity (Wildman–Crippen MR) is 79.8 cm³/mol. The van der Waals surface area contributed by atoms with Crippen molar-refractivity contribution in [2.24, 2.45) is 0 Å². The van der Waals surface area contributed by atoms with E-state index >= 15 is 0 Å². The third-order valence-corrected chi connectivity index (χ3v) is 3.40. The van der Waals surface area contributed by atoms with Gasteiger partial charge in [0.2, 0.25) is 0 Å². The molecule has 0 saturated heterocycles. The molecule has 0 heterocycles. The molecule has 5 heteroatoms. The maximum absolute atomic E-state index is 13.7. The molecule has 2 aromatic rings. The molecule has 22 heavy (non-hydrogen) atoms. The Balaban J connectivity index is 2.32. The Morgan fingerprint density at radius 2 is 1.77 bits per heavy atom. The first-order valence-corrected chi connectivity index (χ1v) is 6.77.